The van der Waals surface area contributed by atoms with Crippen molar-refractivity contribution in [2.75, 3.05) is 0 Å². The number of allylic oxidation sites excluding steroid dienone is 3. The quantitative estimate of drug-likeness (QED) is 0.397. The van der Waals surface area contributed by atoms with Gasteiger partial charge < -0.3 is 10.1 Å². The van der Waals surface area contributed by atoms with Crippen molar-refractivity contribution in [3.05, 3.63) is 40.5 Å². The molecule has 2 atom stereocenters. The van der Waals surface area contributed by atoms with Crippen LogP contribution in [0, 0.1) is 23.2 Å². The molecular weight excluding hydrogens is 599 g/mol. The van der Waals surface area contributed by atoms with Gasteiger partial charge in [0.2, 0.25) is 5.91 Å². The molecule has 41 heavy (non-hydrogen) atoms. The molecule has 2 aromatic heterocycles. The van der Waals surface area contributed by atoms with Crippen LogP contribution in [0.25, 0.3) is 11.4 Å². The number of nitrogens with zero attached hydrogens (tertiary/aromatic N) is 5. The van der Waals surface area contributed by atoms with E-state index < -0.39 is 64.8 Å². The van der Waals surface area contributed by atoms with Crippen molar-refractivity contribution in [2.45, 2.75) is 50.2 Å². The summed E-state index contributed by atoms with van der Waals surface area (Å²) in [5.74, 6) is -9.10. The van der Waals surface area contributed by atoms with E-state index in [9.17, 15) is 49.6 Å². The van der Waals surface area contributed by atoms with Gasteiger partial charge in [0, 0.05) is 23.8 Å². The lowest BCUT2D eigenvalue weighted by Gasteiger charge is -2.25. The highest BCUT2D eigenvalue weighted by Crippen LogP contribution is 2.45. The number of carbonyl (C=O) groups excluding carboxylic acids is 1. The Labute approximate surface area is 230 Å². The zero-order valence-corrected chi connectivity index (χ0v) is 21.6. The molecule has 18 heteroatoms. The van der Waals surface area contributed by atoms with Crippen molar-refractivity contribution >= 4 is 23.1 Å². The van der Waals surface area contributed by atoms with Gasteiger partial charge in [-0.1, -0.05) is 11.6 Å². The van der Waals surface area contributed by atoms with E-state index in [1.54, 1.807) is 0 Å². The van der Waals surface area contributed by atoms with Gasteiger partial charge in [0.25, 0.3) is 5.88 Å². The SMILES string of the molecule is CC(C(F)(F)F)C(F)(F)Oc1nn(C)c(-n2cc(C3=C(F)C=C(Cl)C(C(=O)NC4(C#N)CC4)C3)cn2)c1C(F)(F)F. The van der Waals surface area contributed by atoms with E-state index in [4.69, 9.17) is 11.6 Å². The molecule has 2 heterocycles. The average Bonchev–Trinajstić information content (AvgIpc) is 3.29. The van der Waals surface area contributed by atoms with Gasteiger partial charge >= 0.3 is 18.5 Å². The van der Waals surface area contributed by atoms with E-state index >= 15 is 0 Å². The lowest BCUT2D eigenvalue weighted by Crippen LogP contribution is -2.42. The molecule has 2 aromatic rings. The van der Waals surface area contributed by atoms with E-state index in [-0.39, 0.29) is 29.5 Å². The molecule has 1 saturated carbocycles. The monoisotopic (exact) mass is 616 g/mol. The summed E-state index contributed by atoms with van der Waals surface area (Å²) in [4.78, 5) is 12.7. The average molecular weight is 617 g/mol. The normalized spacial score (nSPS) is 19.9. The first-order valence-corrected chi connectivity index (χ1v) is 12.0. The molecule has 8 nitrogen and oxygen atoms in total. The summed E-state index contributed by atoms with van der Waals surface area (Å²) >= 11 is 6.06. The Morgan fingerprint density at radius 3 is 2.41 bits per heavy atom. The van der Waals surface area contributed by atoms with Crippen LogP contribution in [0.1, 0.15) is 37.3 Å². The smallest absolute Gasteiger partial charge is 0.412 e. The fourth-order valence-corrected chi connectivity index (χ4v) is 4.24. The van der Waals surface area contributed by atoms with Crippen molar-refractivity contribution in [1.29, 1.82) is 5.26 Å². The van der Waals surface area contributed by atoms with Crippen molar-refractivity contribution < 1.29 is 49.0 Å². The van der Waals surface area contributed by atoms with Crippen LogP contribution in [0.4, 0.5) is 39.5 Å². The maximum absolute atomic E-state index is 14.9. The maximum Gasteiger partial charge on any atom is 0.425 e. The Morgan fingerprint density at radius 1 is 1.24 bits per heavy atom. The topological polar surface area (TPSA) is 97.8 Å². The molecule has 222 valence electrons. The number of rotatable bonds is 7. The van der Waals surface area contributed by atoms with Gasteiger partial charge in [-0.2, -0.15) is 45.5 Å². The summed E-state index contributed by atoms with van der Waals surface area (Å²) in [6.07, 6.45) is -13.0. The van der Waals surface area contributed by atoms with E-state index in [1.165, 1.54) is 0 Å². The molecular formula is C23H18ClF9N6O2. The molecule has 1 fully saturated rings. The molecule has 0 bridgehead atoms. The molecule has 0 aliphatic heterocycles. The molecule has 2 aliphatic carbocycles. The third-order valence-corrected chi connectivity index (χ3v) is 6.95. The number of hydrogen-bond acceptors (Lipinski definition) is 5. The second-order valence-electron chi connectivity index (χ2n) is 9.52. The summed E-state index contributed by atoms with van der Waals surface area (Å²) in [5, 5.41) is 18.5. The van der Waals surface area contributed by atoms with Crippen LogP contribution in [0.5, 0.6) is 5.88 Å². The predicted molar refractivity (Wildman–Crippen MR) is 122 cm³/mol. The van der Waals surface area contributed by atoms with E-state index in [1.807, 2.05) is 6.07 Å². The number of nitrogens with one attached hydrogen (secondary N) is 1. The molecule has 0 saturated heterocycles. The van der Waals surface area contributed by atoms with Crippen LogP contribution in [-0.4, -0.2) is 43.3 Å². The molecule has 0 radical (unpaired) electrons. The number of alkyl halides is 8. The molecule has 1 amide bonds. The van der Waals surface area contributed by atoms with Crippen molar-refractivity contribution in [3.8, 4) is 17.8 Å². The standard InChI is InChI=1S/C23H18ClF9N6O2/c1-10(21(26,27)28)23(32,33)41-18-16(22(29,30)31)19(38(2)37-18)39-8-11(7-35-39)12-5-13(14(24)6-15(12)25)17(40)36-20(9-34)3-4-20/h6-8,10,13H,3-5H2,1-2H3,(H,36,40). The molecule has 2 aliphatic rings. The van der Waals surface area contributed by atoms with Gasteiger partial charge in [-0.25, -0.2) is 13.8 Å². The number of aryl methyl sites for hydroxylation is 1. The predicted octanol–water partition coefficient (Wildman–Crippen LogP) is 5.79. The second-order valence-corrected chi connectivity index (χ2v) is 9.96. The van der Waals surface area contributed by atoms with Gasteiger partial charge in [-0.05, 0) is 37.8 Å². The summed E-state index contributed by atoms with van der Waals surface area (Å²) in [6, 6.07) is 1.96. The van der Waals surface area contributed by atoms with E-state index in [2.05, 4.69) is 20.3 Å². The van der Waals surface area contributed by atoms with Crippen LogP contribution < -0.4 is 10.1 Å². The number of aromatic nitrogens is 4. The van der Waals surface area contributed by atoms with Gasteiger partial charge in [0.1, 0.15) is 11.4 Å². The lowest BCUT2D eigenvalue weighted by atomic mass is 9.89. The molecule has 2 unspecified atom stereocenters. The minimum absolute atomic E-state index is 0.0301. The number of hydrogen-bond donors (Lipinski definition) is 1. The Balaban J connectivity index is 1.68. The summed E-state index contributed by atoms with van der Waals surface area (Å²) in [6.45, 7) is 0.0301. The first-order chi connectivity index (χ1) is 18.8. The highest BCUT2D eigenvalue weighted by molar-refractivity contribution is 6.32. The van der Waals surface area contributed by atoms with Crippen molar-refractivity contribution in [1.82, 2.24) is 24.9 Å². The Bertz CT molecular complexity index is 1480. The second kappa shape index (κ2) is 10.00. The van der Waals surface area contributed by atoms with Gasteiger partial charge in [0.15, 0.2) is 17.3 Å². The molecule has 0 aromatic carbocycles. The first kappa shape index (κ1) is 30.3. The Kier molecular flexibility index (Phi) is 7.38. The molecule has 4 rings (SSSR count). The number of ether oxygens (including phenoxy) is 1. The molecule has 1 N–H and O–H groups in total. The summed E-state index contributed by atoms with van der Waals surface area (Å²) in [7, 11) is 0.871. The minimum atomic E-state index is -5.51. The fourth-order valence-electron chi connectivity index (χ4n) is 3.97. The van der Waals surface area contributed by atoms with Crippen molar-refractivity contribution in [3.63, 3.8) is 0 Å². The number of carbonyl (C=O) groups is 1. The maximum atomic E-state index is 14.9. The fraction of sp³-hybridized carbons (Fsp3) is 0.478. The van der Waals surface area contributed by atoms with Crippen molar-refractivity contribution in [2.24, 2.45) is 18.9 Å². The van der Waals surface area contributed by atoms with Crippen LogP contribution in [-0.2, 0) is 18.0 Å². The summed E-state index contributed by atoms with van der Waals surface area (Å²) < 4.78 is 128. The number of amides is 1. The lowest BCUT2D eigenvalue weighted by molar-refractivity contribution is -0.300. The van der Waals surface area contributed by atoms with Crippen LogP contribution >= 0.6 is 11.6 Å². The van der Waals surface area contributed by atoms with E-state index in [0.717, 1.165) is 25.5 Å². The molecule has 0 spiro atoms. The third-order valence-electron chi connectivity index (χ3n) is 6.58. The van der Waals surface area contributed by atoms with Crippen LogP contribution in [0.2, 0.25) is 0 Å². The highest BCUT2D eigenvalue weighted by atomic mass is 35.5. The largest absolute Gasteiger partial charge is 0.425 e. The Hall–Kier alpha value is -3.68. The zero-order valence-electron chi connectivity index (χ0n) is 20.8. The first-order valence-electron chi connectivity index (χ1n) is 11.6. The summed E-state index contributed by atoms with van der Waals surface area (Å²) in [5.41, 5.74) is -3.34. The van der Waals surface area contributed by atoms with E-state index in [0.29, 0.717) is 22.2 Å². The Morgan fingerprint density at radius 2 is 1.88 bits per heavy atom. The number of halogens is 10. The van der Waals surface area contributed by atoms with Gasteiger partial charge in [0.05, 0.1) is 18.2 Å². The minimum Gasteiger partial charge on any atom is -0.412 e. The highest BCUT2D eigenvalue weighted by Gasteiger charge is 2.56. The van der Waals surface area contributed by atoms with Gasteiger partial charge in [-0.15, -0.1) is 5.10 Å². The van der Waals surface area contributed by atoms with Crippen LogP contribution in [0.3, 0.4) is 0 Å². The van der Waals surface area contributed by atoms with Crippen LogP contribution in [0.15, 0.2) is 29.3 Å². The third kappa shape index (κ3) is 5.88. The number of nitriles is 1. The zero-order chi connectivity index (χ0) is 30.7. The van der Waals surface area contributed by atoms with Gasteiger partial charge in [-0.3, -0.25) is 4.79 Å².